The van der Waals surface area contributed by atoms with Crippen LogP contribution in [0.15, 0.2) is 53.6 Å². The maximum Gasteiger partial charge on any atom is 0.271 e. The summed E-state index contributed by atoms with van der Waals surface area (Å²) in [5, 5.41) is 7.99. The van der Waals surface area contributed by atoms with Gasteiger partial charge in [-0.05, 0) is 50.3 Å². The molecule has 0 saturated carbocycles. The zero-order valence-electron chi connectivity index (χ0n) is 15.8. The van der Waals surface area contributed by atoms with Gasteiger partial charge in [-0.25, -0.2) is 18.5 Å². The molecule has 3 rings (SSSR count). The quantitative estimate of drug-likeness (QED) is 0.614. The third-order valence-corrected chi connectivity index (χ3v) is 5.19. The van der Waals surface area contributed by atoms with Gasteiger partial charge in [-0.2, -0.15) is 0 Å². The molecule has 0 radical (unpaired) electrons. The third kappa shape index (κ3) is 4.56. The number of imidazole rings is 1. The minimum absolute atomic E-state index is 0.0679. The Bertz CT molecular complexity index is 1090. The molecule has 0 saturated heterocycles. The molecule has 9 heteroatoms. The topological polar surface area (TPSA) is 110 Å². The molecule has 0 spiro atoms. The van der Waals surface area contributed by atoms with Crippen LogP contribution in [0.5, 0.6) is 0 Å². The number of sulfonamides is 1. The van der Waals surface area contributed by atoms with Gasteiger partial charge in [0.15, 0.2) is 5.69 Å². The Morgan fingerprint density at radius 2 is 1.89 bits per heavy atom. The van der Waals surface area contributed by atoms with Crippen molar-refractivity contribution < 1.29 is 13.2 Å². The molecule has 1 amide bonds. The van der Waals surface area contributed by atoms with Crippen molar-refractivity contribution in [3.63, 3.8) is 0 Å². The molecule has 0 fully saturated rings. The Morgan fingerprint density at radius 1 is 1.18 bits per heavy atom. The van der Waals surface area contributed by atoms with Gasteiger partial charge in [0, 0.05) is 19.3 Å². The van der Waals surface area contributed by atoms with E-state index in [2.05, 4.69) is 10.3 Å². The van der Waals surface area contributed by atoms with Crippen LogP contribution >= 0.6 is 0 Å². The molecule has 3 aromatic rings. The van der Waals surface area contributed by atoms with Gasteiger partial charge in [-0.3, -0.25) is 4.79 Å². The van der Waals surface area contributed by atoms with Crippen LogP contribution < -0.4 is 10.5 Å². The molecule has 3 N–H and O–H groups in total. The Morgan fingerprint density at radius 3 is 2.54 bits per heavy atom. The number of primary sulfonamides is 1. The highest BCUT2D eigenvalue weighted by molar-refractivity contribution is 7.89. The average molecular weight is 401 g/mol. The standard InChI is InChI=1S/C19H23N5O3S/c1-23(2)13-16-18(22-17-5-3-4-12-24(16)17)19(25)21-11-10-14-6-8-15(9-7-14)28(20,26)27/h3-9,12H,10-11,13H2,1-2H3,(H,21,25)(H2,20,26,27). The van der Waals surface area contributed by atoms with Crippen molar-refractivity contribution in [3.05, 3.63) is 65.6 Å². The summed E-state index contributed by atoms with van der Waals surface area (Å²) in [5.41, 5.74) is 2.86. The first-order chi connectivity index (χ1) is 13.3. The molecule has 148 valence electrons. The van der Waals surface area contributed by atoms with Gasteiger partial charge in [-0.1, -0.05) is 18.2 Å². The number of nitrogens with one attached hydrogen (secondary N) is 1. The van der Waals surface area contributed by atoms with E-state index in [1.165, 1.54) is 12.1 Å². The van der Waals surface area contributed by atoms with E-state index in [9.17, 15) is 13.2 Å². The van der Waals surface area contributed by atoms with Crippen LogP contribution in [0.3, 0.4) is 0 Å². The number of aromatic nitrogens is 2. The van der Waals surface area contributed by atoms with Gasteiger partial charge in [0.1, 0.15) is 5.65 Å². The molecule has 2 heterocycles. The lowest BCUT2D eigenvalue weighted by atomic mass is 10.1. The van der Waals surface area contributed by atoms with Crippen LogP contribution in [-0.2, 0) is 23.0 Å². The first-order valence-electron chi connectivity index (χ1n) is 8.76. The Balaban J connectivity index is 1.70. The molecule has 0 atom stereocenters. The third-order valence-electron chi connectivity index (χ3n) is 4.26. The molecule has 1 aromatic carbocycles. The fourth-order valence-corrected chi connectivity index (χ4v) is 3.44. The highest BCUT2D eigenvalue weighted by atomic mass is 32.2. The summed E-state index contributed by atoms with van der Waals surface area (Å²) in [6.07, 6.45) is 2.46. The van der Waals surface area contributed by atoms with Crippen LogP contribution in [-0.4, -0.2) is 49.2 Å². The molecular formula is C19H23N5O3S. The number of carbonyl (C=O) groups excluding carboxylic acids is 1. The summed E-state index contributed by atoms with van der Waals surface area (Å²) in [7, 11) is 0.178. The second-order valence-corrected chi connectivity index (χ2v) is 8.33. The molecule has 2 aromatic heterocycles. The van der Waals surface area contributed by atoms with Gasteiger partial charge in [0.05, 0.1) is 10.6 Å². The summed E-state index contributed by atoms with van der Waals surface area (Å²) in [5.74, 6) is -0.235. The van der Waals surface area contributed by atoms with E-state index in [1.807, 2.05) is 47.8 Å². The van der Waals surface area contributed by atoms with E-state index >= 15 is 0 Å². The molecule has 0 aliphatic carbocycles. The number of carbonyl (C=O) groups is 1. The number of hydrogen-bond donors (Lipinski definition) is 2. The summed E-state index contributed by atoms with van der Waals surface area (Å²) in [4.78, 5) is 19.2. The number of fused-ring (bicyclic) bond motifs is 1. The minimum atomic E-state index is -3.70. The highest BCUT2D eigenvalue weighted by Crippen LogP contribution is 2.14. The van der Waals surface area contributed by atoms with Gasteiger partial charge < -0.3 is 14.6 Å². The fourth-order valence-electron chi connectivity index (χ4n) is 2.93. The second-order valence-electron chi connectivity index (χ2n) is 6.77. The minimum Gasteiger partial charge on any atom is -0.350 e. The monoisotopic (exact) mass is 401 g/mol. The first kappa shape index (κ1) is 20.0. The van der Waals surface area contributed by atoms with Crippen molar-refractivity contribution in [1.29, 1.82) is 0 Å². The SMILES string of the molecule is CN(C)Cc1c(C(=O)NCCc2ccc(S(N)(=O)=O)cc2)nc2ccccn12. The van der Waals surface area contributed by atoms with Gasteiger partial charge in [-0.15, -0.1) is 0 Å². The summed E-state index contributed by atoms with van der Waals surface area (Å²) < 4.78 is 24.5. The van der Waals surface area contributed by atoms with Gasteiger partial charge in [0.2, 0.25) is 10.0 Å². The lowest BCUT2D eigenvalue weighted by molar-refractivity contribution is 0.0948. The molecule has 0 unspecified atom stereocenters. The van der Waals surface area contributed by atoms with Crippen molar-refractivity contribution in [2.75, 3.05) is 20.6 Å². The molecule has 0 aliphatic heterocycles. The number of nitrogens with zero attached hydrogens (tertiary/aromatic N) is 3. The maximum absolute atomic E-state index is 12.7. The number of pyridine rings is 1. The molecule has 28 heavy (non-hydrogen) atoms. The number of rotatable bonds is 7. The molecule has 0 bridgehead atoms. The van der Waals surface area contributed by atoms with E-state index in [0.29, 0.717) is 25.2 Å². The summed E-state index contributed by atoms with van der Waals surface area (Å²) >= 11 is 0. The second kappa shape index (κ2) is 8.09. The van der Waals surface area contributed by atoms with Crippen molar-refractivity contribution in [2.24, 2.45) is 5.14 Å². The van der Waals surface area contributed by atoms with Crippen molar-refractivity contribution in [3.8, 4) is 0 Å². The van der Waals surface area contributed by atoms with Crippen LogP contribution in [0.25, 0.3) is 5.65 Å². The smallest absolute Gasteiger partial charge is 0.271 e. The highest BCUT2D eigenvalue weighted by Gasteiger charge is 2.19. The lowest BCUT2D eigenvalue weighted by Gasteiger charge is -2.11. The van der Waals surface area contributed by atoms with E-state index < -0.39 is 10.0 Å². The van der Waals surface area contributed by atoms with Crippen LogP contribution in [0.2, 0.25) is 0 Å². The van der Waals surface area contributed by atoms with Gasteiger partial charge >= 0.3 is 0 Å². The predicted octanol–water partition coefficient (Wildman–Crippen LogP) is 1.02. The average Bonchev–Trinajstić information content (AvgIpc) is 2.99. The number of benzene rings is 1. The van der Waals surface area contributed by atoms with Crippen molar-refractivity contribution in [2.45, 2.75) is 17.9 Å². The number of nitrogens with two attached hydrogens (primary N) is 1. The van der Waals surface area contributed by atoms with E-state index in [-0.39, 0.29) is 10.8 Å². The van der Waals surface area contributed by atoms with Crippen LogP contribution in [0.4, 0.5) is 0 Å². The van der Waals surface area contributed by atoms with E-state index in [1.54, 1.807) is 12.1 Å². The number of amides is 1. The largest absolute Gasteiger partial charge is 0.350 e. The van der Waals surface area contributed by atoms with Crippen molar-refractivity contribution >= 4 is 21.6 Å². The Labute approximate surface area is 164 Å². The maximum atomic E-state index is 12.7. The van der Waals surface area contributed by atoms with Crippen LogP contribution in [0.1, 0.15) is 21.7 Å². The normalized spacial score (nSPS) is 11.9. The summed E-state index contributed by atoms with van der Waals surface area (Å²) in [6.45, 7) is 0.992. The van der Waals surface area contributed by atoms with Crippen molar-refractivity contribution in [1.82, 2.24) is 19.6 Å². The predicted molar refractivity (Wildman–Crippen MR) is 106 cm³/mol. The molecular weight excluding hydrogens is 378 g/mol. The van der Waals surface area contributed by atoms with E-state index in [4.69, 9.17) is 5.14 Å². The number of hydrogen-bond acceptors (Lipinski definition) is 5. The summed E-state index contributed by atoms with van der Waals surface area (Å²) in [6, 6.07) is 12.0. The zero-order chi connectivity index (χ0) is 20.3. The van der Waals surface area contributed by atoms with Gasteiger partial charge in [0.25, 0.3) is 5.91 Å². The fraction of sp³-hybridized carbons (Fsp3) is 0.263. The zero-order valence-corrected chi connectivity index (χ0v) is 16.6. The molecule has 0 aliphatic rings. The van der Waals surface area contributed by atoms with E-state index in [0.717, 1.165) is 16.9 Å². The first-order valence-corrected chi connectivity index (χ1v) is 10.3. The Hall–Kier alpha value is -2.75. The Kier molecular flexibility index (Phi) is 5.78. The lowest BCUT2D eigenvalue weighted by Crippen LogP contribution is -2.28. The molecule has 8 nitrogen and oxygen atoms in total. The van der Waals surface area contributed by atoms with Crippen LogP contribution in [0, 0.1) is 0 Å².